The smallest absolute Gasteiger partial charge is 0.343 e. The van der Waals surface area contributed by atoms with Crippen LogP contribution in [0.25, 0.3) is 0 Å². The molecule has 19 heavy (non-hydrogen) atoms. The number of para-hydroxylation sites is 1. The lowest BCUT2D eigenvalue weighted by atomic mass is 10.1. The Kier molecular flexibility index (Phi) is 4.40. The van der Waals surface area contributed by atoms with Gasteiger partial charge in [0.15, 0.2) is 5.75 Å². The molecule has 0 aromatic heterocycles. The van der Waals surface area contributed by atoms with Gasteiger partial charge < -0.3 is 13.9 Å². The number of rotatable bonds is 5. The molecule has 1 aliphatic heterocycles. The number of nitrogens with zero attached hydrogens (tertiary/aromatic N) is 1. The fraction of sp³-hybridized carbons (Fsp3) is 0.462. The Balaban J connectivity index is 2.48. The van der Waals surface area contributed by atoms with E-state index < -0.39 is 13.3 Å². The maximum absolute atomic E-state index is 13.0. The van der Waals surface area contributed by atoms with Gasteiger partial charge in [-0.25, -0.2) is 0 Å². The molecular weight excluding hydrogens is 265 g/mol. The molecule has 1 atom stereocenters. The van der Waals surface area contributed by atoms with Crippen LogP contribution in [0.15, 0.2) is 29.4 Å². The monoisotopic (exact) mass is 283 g/mol. The Labute approximate surface area is 113 Å². The highest BCUT2D eigenvalue weighted by molar-refractivity contribution is 7.55. The topological polar surface area (TPSA) is 57.1 Å². The third kappa shape index (κ3) is 2.73. The van der Waals surface area contributed by atoms with Crippen molar-refractivity contribution in [1.82, 2.24) is 0 Å². The molecule has 1 unspecified atom stereocenters. The van der Waals surface area contributed by atoms with Gasteiger partial charge in [-0.3, -0.25) is 4.57 Å². The van der Waals surface area contributed by atoms with Crippen LogP contribution in [0, 0.1) is 0 Å². The number of oxime groups is 1. The van der Waals surface area contributed by atoms with Gasteiger partial charge in [0.1, 0.15) is 5.66 Å². The summed E-state index contributed by atoms with van der Waals surface area (Å²) in [6.07, 6.45) is 0. The summed E-state index contributed by atoms with van der Waals surface area (Å²) in [7, 11) is -3.29. The normalized spacial score (nSPS) is 18.5. The summed E-state index contributed by atoms with van der Waals surface area (Å²) >= 11 is 0. The molecule has 6 heteroatoms. The molecular formula is C13H18NO4P. The summed E-state index contributed by atoms with van der Waals surface area (Å²) in [6, 6.07) is 7.37. The molecule has 0 bridgehead atoms. The zero-order chi connectivity index (χ0) is 13.9. The van der Waals surface area contributed by atoms with Gasteiger partial charge in [0, 0.05) is 5.56 Å². The molecule has 1 aliphatic rings. The summed E-state index contributed by atoms with van der Waals surface area (Å²) in [5.41, 5.74) is 0.890. The molecule has 104 valence electrons. The van der Waals surface area contributed by atoms with Crippen molar-refractivity contribution >= 4 is 13.3 Å². The van der Waals surface area contributed by atoms with Gasteiger partial charge in [-0.05, 0) is 26.8 Å². The molecule has 0 aliphatic carbocycles. The van der Waals surface area contributed by atoms with Crippen LogP contribution in [0.1, 0.15) is 32.0 Å². The van der Waals surface area contributed by atoms with Crippen molar-refractivity contribution in [3.05, 3.63) is 29.8 Å². The van der Waals surface area contributed by atoms with Crippen molar-refractivity contribution in [2.75, 3.05) is 13.2 Å². The van der Waals surface area contributed by atoms with Gasteiger partial charge >= 0.3 is 7.60 Å². The predicted molar refractivity (Wildman–Crippen MR) is 73.8 cm³/mol. The molecule has 0 amide bonds. The predicted octanol–water partition coefficient (Wildman–Crippen LogP) is 3.76. The van der Waals surface area contributed by atoms with Gasteiger partial charge in [-0.1, -0.05) is 23.4 Å². The van der Waals surface area contributed by atoms with Gasteiger partial charge in [-0.15, -0.1) is 0 Å². The van der Waals surface area contributed by atoms with Gasteiger partial charge in [0.2, 0.25) is 0 Å². The molecule has 1 aromatic carbocycles. The highest BCUT2D eigenvalue weighted by Crippen LogP contribution is 2.63. The Bertz CT molecular complexity index is 519. The lowest BCUT2D eigenvalue weighted by Crippen LogP contribution is -2.19. The molecule has 0 saturated carbocycles. The summed E-state index contributed by atoms with van der Waals surface area (Å²) in [4.78, 5) is 5.27. The summed E-state index contributed by atoms with van der Waals surface area (Å²) in [5.74, 6) is 0.595. The minimum atomic E-state index is -3.29. The van der Waals surface area contributed by atoms with Crippen LogP contribution < -0.4 is 4.84 Å². The maximum atomic E-state index is 13.0. The van der Waals surface area contributed by atoms with Crippen molar-refractivity contribution in [2.24, 2.45) is 5.16 Å². The first-order chi connectivity index (χ1) is 9.12. The van der Waals surface area contributed by atoms with E-state index in [1.807, 2.05) is 18.2 Å². The molecule has 2 rings (SSSR count). The SMILES string of the molecule is CCOP(=O)(OCC)C1C(C)=NOc2ccccc21. The molecule has 0 radical (unpaired) electrons. The first kappa shape index (κ1) is 14.3. The van der Waals surface area contributed by atoms with Crippen molar-refractivity contribution in [3.8, 4) is 5.75 Å². The van der Waals surface area contributed by atoms with E-state index in [1.165, 1.54) is 0 Å². The average molecular weight is 283 g/mol. The van der Waals surface area contributed by atoms with Crippen molar-refractivity contribution in [2.45, 2.75) is 26.4 Å². The van der Waals surface area contributed by atoms with Crippen LogP contribution in [0.4, 0.5) is 0 Å². The second-order valence-electron chi connectivity index (χ2n) is 4.14. The first-order valence-electron chi connectivity index (χ1n) is 6.31. The van der Waals surface area contributed by atoms with Gasteiger partial charge in [0.25, 0.3) is 0 Å². The molecule has 0 N–H and O–H groups in total. The molecule has 1 aromatic rings. The van der Waals surface area contributed by atoms with E-state index in [0.717, 1.165) is 5.56 Å². The van der Waals surface area contributed by atoms with E-state index in [4.69, 9.17) is 13.9 Å². The van der Waals surface area contributed by atoms with Gasteiger partial charge in [0.05, 0.1) is 18.9 Å². The van der Waals surface area contributed by atoms with E-state index in [-0.39, 0.29) is 0 Å². The van der Waals surface area contributed by atoms with Crippen molar-refractivity contribution in [3.63, 3.8) is 0 Å². The first-order valence-corrected chi connectivity index (χ1v) is 7.92. The van der Waals surface area contributed by atoms with Crippen LogP contribution in [0.5, 0.6) is 5.75 Å². The second kappa shape index (κ2) is 5.87. The Morgan fingerprint density at radius 3 is 2.53 bits per heavy atom. The maximum Gasteiger partial charge on any atom is 0.343 e. The summed E-state index contributed by atoms with van der Waals surface area (Å²) < 4.78 is 23.8. The van der Waals surface area contributed by atoms with Crippen molar-refractivity contribution in [1.29, 1.82) is 0 Å². The fourth-order valence-corrected chi connectivity index (χ4v) is 4.28. The van der Waals surface area contributed by atoms with Crippen LogP contribution in [0.2, 0.25) is 0 Å². The molecule has 5 nitrogen and oxygen atoms in total. The molecule has 0 spiro atoms. The number of fused-ring (bicyclic) bond motifs is 1. The quantitative estimate of drug-likeness (QED) is 0.772. The van der Waals surface area contributed by atoms with E-state index in [9.17, 15) is 4.57 Å². The Morgan fingerprint density at radius 1 is 1.26 bits per heavy atom. The highest BCUT2D eigenvalue weighted by Gasteiger charge is 2.42. The Hall–Kier alpha value is -1.16. The zero-order valence-corrected chi connectivity index (χ0v) is 12.2. The summed E-state index contributed by atoms with van der Waals surface area (Å²) in [5, 5.41) is 3.97. The molecule has 0 saturated heterocycles. The third-order valence-corrected chi connectivity index (χ3v) is 5.35. The fourth-order valence-electron chi connectivity index (χ4n) is 2.13. The van der Waals surface area contributed by atoms with E-state index >= 15 is 0 Å². The van der Waals surface area contributed by atoms with Crippen LogP contribution in [-0.4, -0.2) is 18.9 Å². The van der Waals surface area contributed by atoms with E-state index in [0.29, 0.717) is 24.7 Å². The minimum absolute atomic E-state index is 0.323. The lowest BCUT2D eigenvalue weighted by molar-refractivity contribution is 0.214. The molecule has 0 fully saturated rings. The molecule has 1 heterocycles. The number of hydrogen-bond donors (Lipinski definition) is 0. The standard InChI is InChI=1S/C13H18NO4P/c1-4-16-19(15,17-5-2)13-10(3)14-18-12-9-7-6-8-11(12)13/h6-9,13H,4-5H2,1-3H3. The largest absolute Gasteiger partial charge is 0.357 e. The number of benzene rings is 1. The second-order valence-corrected chi connectivity index (χ2v) is 6.25. The van der Waals surface area contributed by atoms with Gasteiger partial charge in [-0.2, -0.15) is 0 Å². The van der Waals surface area contributed by atoms with Crippen molar-refractivity contribution < 1.29 is 18.5 Å². The van der Waals surface area contributed by atoms with E-state index in [2.05, 4.69) is 5.16 Å². The minimum Gasteiger partial charge on any atom is -0.357 e. The highest BCUT2D eigenvalue weighted by atomic mass is 31.2. The summed E-state index contributed by atoms with van der Waals surface area (Å²) in [6.45, 7) is 6.01. The lowest BCUT2D eigenvalue weighted by Gasteiger charge is -2.29. The van der Waals surface area contributed by atoms with Crippen LogP contribution in [0.3, 0.4) is 0 Å². The van der Waals surface area contributed by atoms with Crippen LogP contribution >= 0.6 is 7.60 Å². The van der Waals surface area contributed by atoms with E-state index in [1.54, 1.807) is 26.8 Å². The average Bonchev–Trinajstić information content (AvgIpc) is 2.39. The van der Waals surface area contributed by atoms with Crippen LogP contribution in [-0.2, 0) is 13.6 Å². The number of hydrogen-bond acceptors (Lipinski definition) is 5. The zero-order valence-electron chi connectivity index (χ0n) is 11.3. The Morgan fingerprint density at radius 2 is 1.89 bits per heavy atom. The third-order valence-electron chi connectivity index (χ3n) is 2.83.